The molecule has 0 spiro atoms. The largest absolute Gasteiger partial charge is 0.573 e. The van der Waals surface area contributed by atoms with E-state index in [0.717, 1.165) is 24.3 Å². The molecule has 0 aliphatic carbocycles. The minimum Gasteiger partial charge on any atom is -0.432 e. The highest BCUT2D eigenvalue weighted by Crippen LogP contribution is 2.30. The molecule has 0 bridgehead atoms. The normalized spacial score (nSPS) is 11.6. The molecule has 0 aromatic heterocycles. The van der Waals surface area contributed by atoms with Gasteiger partial charge in [0.1, 0.15) is 5.75 Å². The fourth-order valence-electron chi connectivity index (χ4n) is 1.72. The van der Waals surface area contributed by atoms with Crippen LogP contribution in [0, 0.1) is 5.82 Å². The van der Waals surface area contributed by atoms with E-state index in [4.69, 9.17) is 0 Å². The molecule has 2 rings (SSSR count). The minimum absolute atomic E-state index is 0.301. The van der Waals surface area contributed by atoms with Crippen molar-refractivity contribution in [3.63, 3.8) is 0 Å². The highest BCUT2D eigenvalue weighted by molar-refractivity contribution is 5.65. The first-order chi connectivity index (χ1) is 10.2. The maximum Gasteiger partial charge on any atom is 0.573 e. The van der Waals surface area contributed by atoms with Gasteiger partial charge in [0.05, 0.1) is 0 Å². The first-order valence-electron chi connectivity index (χ1n) is 5.85. The van der Waals surface area contributed by atoms with Crippen molar-refractivity contribution in [3.8, 4) is 22.6 Å². The average Bonchev–Trinajstić information content (AvgIpc) is 2.40. The minimum atomic E-state index is -4.81. The third kappa shape index (κ3) is 4.31. The molecule has 0 saturated heterocycles. The Balaban J connectivity index is 2.25. The zero-order valence-corrected chi connectivity index (χ0v) is 10.7. The molecule has 0 aliphatic rings. The Morgan fingerprint density at radius 2 is 1.45 bits per heavy atom. The Kier molecular flexibility index (Phi) is 4.48. The molecule has 0 fully saturated rings. The van der Waals surface area contributed by atoms with Gasteiger partial charge in [-0.25, -0.2) is 4.39 Å². The van der Waals surface area contributed by atoms with Crippen molar-refractivity contribution in [3.05, 3.63) is 48.3 Å². The molecule has 0 saturated carbocycles. The van der Waals surface area contributed by atoms with Gasteiger partial charge in [-0.1, -0.05) is 18.2 Å². The first-order valence-corrected chi connectivity index (χ1v) is 5.85. The lowest BCUT2D eigenvalue weighted by Gasteiger charge is -2.10. The fraction of sp³-hybridized carbons (Fsp3) is 0.143. The molecule has 0 N–H and O–H groups in total. The van der Waals surface area contributed by atoms with Crippen molar-refractivity contribution < 1.29 is 35.8 Å². The van der Waals surface area contributed by atoms with E-state index >= 15 is 0 Å². The highest BCUT2D eigenvalue weighted by atomic mass is 19.4. The number of benzene rings is 2. The van der Waals surface area contributed by atoms with Crippen LogP contribution in [-0.2, 0) is 0 Å². The fourth-order valence-corrected chi connectivity index (χ4v) is 1.72. The van der Waals surface area contributed by atoms with Gasteiger partial charge < -0.3 is 9.47 Å². The number of alkyl halides is 5. The molecule has 22 heavy (non-hydrogen) atoms. The second-order valence-electron chi connectivity index (χ2n) is 4.10. The summed E-state index contributed by atoms with van der Waals surface area (Å²) in [7, 11) is 0. The van der Waals surface area contributed by atoms with E-state index in [2.05, 4.69) is 9.47 Å². The highest BCUT2D eigenvalue weighted by Gasteiger charge is 2.30. The lowest BCUT2D eigenvalue weighted by molar-refractivity contribution is -0.274. The topological polar surface area (TPSA) is 18.5 Å². The standard InChI is InChI=1S/C14H8F6O2/c15-11-6-3-9(7-12(11)21-13(16)17)8-1-4-10(5-2-8)22-14(18,19)20/h1-7,13H. The van der Waals surface area contributed by atoms with Crippen LogP contribution in [0.25, 0.3) is 11.1 Å². The van der Waals surface area contributed by atoms with Crippen molar-refractivity contribution in [1.82, 2.24) is 0 Å². The second kappa shape index (κ2) is 6.17. The van der Waals surface area contributed by atoms with Gasteiger partial charge in [0.15, 0.2) is 11.6 Å². The summed E-state index contributed by atoms with van der Waals surface area (Å²) in [6.45, 7) is -3.19. The molecule has 0 amide bonds. The van der Waals surface area contributed by atoms with Crippen LogP contribution in [-0.4, -0.2) is 13.0 Å². The summed E-state index contributed by atoms with van der Waals surface area (Å²) in [6.07, 6.45) is -4.81. The molecule has 0 heterocycles. The molecule has 8 heteroatoms. The van der Waals surface area contributed by atoms with Crippen LogP contribution in [0.15, 0.2) is 42.5 Å². The Labute approximate surface area is 120 Å². The van der Waals surface area contributed by atoms with Crippen molar-refractivity contribution in [1.29, 1.82) is 0 Å². The SMILES string of the molecule is Fc1ccc(-c2ccc(OC(F)(F)F)cc2)cc1OC(F)F. The summed E-state index contributed by atoms with van der Waals surface area (Å²) in [4.78, 5) is 0. The molecule has 0 aliphatic heterocycles. The predicted octanol–water partition coefficient (Wildman–Crippen LogP) is 4.99. The molecule has 118 valence electrons. The van der Waals surface area contributed by atoms with Crippen molar-refractivity contribution in [2.75, 3.05) is 0 Å². The molecule has 0 unspecified atom stereocenters. The van der Waals surface area contributed by atoms with E-state index in [0.29, 0.717) is 11.1 Å². The van der Waals surface area contributed by atoms with Crippen LogP contribution in [0.1, 0.15) is 0 Å². The quantitative estimate of drug-likeness (QED) is 0.738. The van der Waals surface area contributed by atoms with Crippen LogP contribution in [0.3, 0.4) is 0 Å². The van der Waals surface area contributed by atoms with Crippen LogP contribution < -0.4 is 9.47 Å². The van der Waals surface area contributed by atoms with Crippen molar-refractivity contribution in [2.45, 2.75) is 13.0 Å². The number of hydrogen-bond acceptors (Lipinski definition) is 2. The Hall–Kier alpha value is -2.38. The third-order valence-corrected chi connectivity index (χ3v) is 2.57. The zero-order valence-electron chi connectivity index (χ0n) is 10.7. The first kappa shape index (κ1) is 16.0. The van der Waals surface area contributed by atoms with Crippen molar-refractivity contribution >= 4 is 0 Å². The van der Waals surface area contributed by atoms with Gasteiger partial charge in [0.2, 0.25) is 0 Å². The van der Waals surface area contributed by atoms with Gasteiger partial charge in [0.25, 0.3) is 0 Å². The number of rotatable bonds is 4. The van der Waals surface area contributed by atoms with Gasteiger partial charge in [-0.15, -0.1) is 13.2 Å². The lowest BCUT2D eigenvalue weighted by atomic mass is 10.1. The zero-order chi connectivity index (χ0) is 16.3. The summed E-state index contributed by atoms with van der Waals surface area (Å²) < 4.78 is 81.4. The molecule has 2 nitrogen and oxygen atoms in total. The van der Waals surface area contributed by atoms with Crippen LogP contribution in [0.5, 0.6) is 11.5 Å². The predicted molar refractivity (Wildman–Crippen MR) is 65.2 cm³/mol. The Morgan fingerprint density at radius 1 is 0.864 bits per heavy atom. The van der Waals surface area contributed by atoms with Gasteiger partial charge in [0, 0.05) is 0 Å². The van der Waals surface area contributed by atoms with Gasteiger partial charge in [-0.3, -0.25) is 0 Å². The number of halogens is 6. The van der Waals surface area contributed by atoms with E-state index < -0.39 is 30.3 Å². The van der Waals surface area contributed by atoms with E-state index in [-0.39, 0.29) is 0 Å². The van der Waals surface area contributed by atoms with E-state index in [1.807, 2.05) is 0 Å². The summed E-state index contributed by atoms with van der Waals surface area (Å²) in [5.41, 5.74) is 0.684. The number of hydrogen-bond donors (Lipinski definition) is 0. The van der Waals surface area contributed by atoms with Gasteiger partial charge in [-0.2, -0.15) is 8.78 Å². The molecule has 2 aromatic rings. The van der Waals surface area contributed by atoms with Crippen LogP contribution >= 0.6 is 0 Å². The smallest absolute Gasteiger partial charge is 0.432 e. The second-order valence-corrected chi connectivity index (χ2v) is 4.10. The van der Waals surface area contributed by atoms with E-state index in [9.17, 15) is 26.3 Å². The Bertz CT molecular complexity index is 637. The van der Waals surface area contributed by atoms with Crippen LogP contribution in [0.2, 0.25) is 0 Å². The van der Waals surface area contributed by atoms with Crippen LogP contribution in [0.4, 0.5) is 26.3 Å². The molecule has 0 atom stereocenters. The average molecular weight is 322 g/mol. The van der Waals surface area contributed by atoms with E-state index in [1.54, 1.807) is 0 Å². The molecule has 0 radical (unpaired) electrons. The van der Waals surface area contributed by atoms with Crippen molar-refractivity contribution in [2.24, 2.45) is 0 Å². The summed E-state index contributed by atoms with van der Waals surface area (Å²) in [5.74, 6) is -2.05. The van der Waals surface area contributed by atoms with Gasteiger partial charge in [-0.05, 0) is 35.4 Å². The number of ether oxygens (including phenoxy) is 2. The summed E-state index contributed by atoms with van der Waals surface area (Å²) in [6, 6.07) is 7.90. The molecule has 2 aromatic carbocycles. The maximum absolute atomic E-state index is 13.3. The molecular formula is C14H8F6O2. The molecular weight excluding hydrogens is 314 g/mol. The van der Waals surface area contributed by atoms with Gasteiger partial charge >= 0.3 is 13.0 Å². The maximum atomic E-state index is 13.3. The van der Waals surface area contributed by atoms with E-state index in [1.165, 1.54) is 18.2 Å². The monoisotopic (exact) mass is 322 g/mol. The summed E-state index contributed by atoms with van der Waals surface area (Å²) >= 11 is 0. The lowest BCUT2D eigenvalue weighted by Crippen LogP contribution is -2.16. The third-order valence-electron chi connectivity index (χ3n) is 2.57. The summed E-state index contributed by atoms with van der Waals surface area (Å²) in [5, 5.41) is 0. The Morgan fingerprint density at radius 3 is 2.00 bits per heavy atom.